The first-order valence-electron chi connectivity index (χ1n) is 7.60. The van der Waals surface area contributed by atoms with Gasteiger partial charge in [0.15, 0.2) is 0 Å². The second kappa shape index (κ2) is 7.24. The van der Waals surface area contributed by atoms with Crippen LogP contribution >= 0.6 is 0 Å². The molecule has 21 heavy (non-hydrogen) atoms. The van der Waals surface area contributed by atoms with Gasteiger partial charge in [-0.05, 0) is 42.9 Å². The lowest BCUT2D eigenvalue weighted by Crippen LogP contribution is -2.08. The summed E-state index contributed by atoms with van der Waals surface area (Å²) >= 11 is 0. The Labute approximate surface area is 126 Å². The summed E-state index contributed by atoms with van der Waals surface area (Å²) in [4.78, 5) is 4.39. The Kier molecular flexibility index (Phi) is 5.35. The molecule has 0 amide bonds. The molecule has 2 unspecified atom stereocenters. The van der Waals surface area contributed by atoms with Crippen LogP contribution in [0.3, 0.4) is 0 Å². The van der Waals surface area contributed by atoms with Crippen molar-refractivity contribution in [2.24, 2.45) is 11.8 Å². The van der Waals surface area contributed by atoms with E-state index in [1.165, 1.54) is 0 Å². The molecule has 4 nitrogen and oxygen atoms in total. The Morgan fingerprint density at radius 2 is 2.05 bits per heavy atom. The maximum absolute atomic E-state index is 9.04. The van der Waals surface area contributed by atoms with Crippen molar-refractivity contribution in [1.29, 1.82) is 5.26 Å². The third-order valence-electron chi connectivity index (χ3n) is 3.96. The zero-order valence-corrected chi connectivity index (χ0v) is 12.8. The van der Waals surface area contributed by atoms with Gasteiger partial charge in [-0.1, -0.05) is 20.3 Å². The van der Waals surface area contributed by atoms with Crippen molar-refractivity contribution < 1.29 is 5.11 Å². The van der Waals surface area contributed by atoms with Crippen LogP contribution in [0, 0.1) is 23.2 Å². The number of imidazole rings is 1. The summed E-state index contributed by atoms with van der Waals surface area (Å²) in [6.07, 6.45) is 5.21. The van der Waals surface area contributed by atoms with Crippen LogP contribution in [-0.2, 0) is 6.54 Å². The van der Waals surface area contributed by atoms with Gasteiger partial charge in [-0.25, -0.2) is 4.98 Å². The van der Waals surface area contributed by atoms with Crippen LogP contribution in [0.2, 0.25) is 0 Å². The Bertz CT molecular complexity index is 626. The molecule has 0 aliphatic rings. The number of aliphatic hydroxyl groups excluding tert-OH is 1. The average molecular weight is 285 g/mol. The van der Waals surface area contributed by atoms with E-state index in [4.69, 9.17) is 10.4 Å². The Balaban J connectivity index is 1.98. The van der Waals surface area contributed by atoms with Gasteiger partial charge < -0.3 is 9.67 Å². The molecule has 1 aromatic carbocycles. The Morgan fingerprint density at radius 3 is 2.76 bits per heavy atom. The van der Waals surface area contributed by atoms with E-state index in [0.717, 1.165) is 36.8 Å². The summed E-state index contributed by atoms with van der Waals surface area (Å²) in [6, 6.07) is 7.79. The fourth-order valence-electron chi connectivity index (χ4n) is 2.60. The fourth-order valence-corrected chi connectivity index (χ4v) is 2.60. The number of aliphatic hydroxyl groups is 1. The first-order chi connectivity index (χ1) is 10.1. The van der Waals surface area contributed by atoms with Gasteiger partial charge in [-0.15, -0.1) is 0 Å². The van der Waals surface area contributed by atoms with Gasteiger partial charge in [-0.3, -0.25) is 0 Å². The van der Waals surface area contributed by atoms with E-state index in [0.29, 0.717) is 17.4 Å². The van der Waals surface area contributed by atoms with Gasteiger partial charge in [0.1, 0.15) is 0 Å². The molecule has 0 radical (unpaired) electrons. The maximum atomic E-state index is 9.04. The first kappa shape index (κ1) is 15.5. The quantitative estimate of drug-likeness (QED) is 0.848. The van der Waals surface area contributed by atoms with Crippen LogP contribution in [0.15, 0.2) is 24.5 Å². The fraction of sp³-hybridized carbons (Fsp3) is 0.529. The van der Waals surface area contributed by atoms with Crippen LogP contribution in [-0.4, -0.2) is 21.3 Å². The number of hydrogen-bond acceptors (Lipinski definition) is 3. The highest BCUT2D eigenvalue weighted by molar-refractivity contribution is 5.76. The van der Waals surface area contributed by atoms with Crippen LogP contribution in [0.5, 0.6) is 0 Å². The third kappa shape index (κ3) is 4.05. The molecule has 2 atom stereocenters. The molecule has 2 aromatic rings. The number of hydrogen-bond donors (Lipinski definition) is 1. The van der Waals surface area contributed by atoms with Gasteiger partial charge >= 0.3 is 0 Å². The van der Waals surface area contributed by atoms with Crippen molar-refractivity contribution in [2.75, 3.05) is 6.61 Å². The van der Waals surface area contributed by atoms with E-state index in [1.54, 1.807) is 6.07 Å². The van der Waals surface area contributed by atoms with Crippen molar-refractivity contribution in [3.8, 4) is 6.07 Å². The van der Waals surface area contributed by atoms with Crippen molar-refractivity contribution in [1.82, 2.24) is 9.55 Å². The predicted octanol–water partition coefficient (Wildman–Crippen LogP) is 3.34. The monoisotopic (exact) mass is 285 g/mol. The molecular formula is C17H23N3O. The van der Waals surface area contributed by atoms with Crippen molar-refractivity contribution in [3.05, 3.63) is 30.1 Å². The number of benzene rings is 1. The predicted molar refractivity (Wildman–Crippen MR) is 83.7 cm³/mol. The maximum Gasteiger partial charge on any atom is 0.0992 e. The number of rotatable bonds is 7. The lowest BCUT2D eigenvalue weighted by molar-refractivity contribution is 0.225. The van der Waals surface area contributed by atoms with Crippen molar-refractivity contribution >= 4 is 11.0 Å². The summed E-state index contributed by atoms with van der Waals surface area (Å²) in [6.45, 7) is 5.51. The standard InChI is InChI=1S/C17H23N3O/c1-13(4-3-5-14(2)11-21)10-20-12-19-16-7-6-15(9-18)8-17(16)20/h6-8,12-14,21H,3-5,10-11H2,1-2H3. The molecule has 1 N–H and O–H groups in total. The molecule has 1 heterocycles. The molecule has 0 aliphatic heterocycles. The third-order valence-corrected chi connectivity index (χ3v) is 3.96. The summed E-state index contributed by atoms with van der Waals surface area (Å²) < 4.78 is 2.14. The van der Waals surface area contributed by atoms with E-state index in [9.17, 15) is 0 Å². The van der Waals surface area contributed by atoms with Gasteiger partial charge in [-0.2, -0.15) is 5.26 Å². The highest BCUT2D eigenvalue weighted by atomic mass is 16.3. The number of fused-ring (bicyclic) bond motifs is 1. The van der Waals surface area contributed by atoms with Gasteiger partial charge in [0, 0.05) is 13.2 Å². The molecule has 0 saturated heterocycles. The zero-order valence-electron chi connectivity index (χ0n) is 12.8. The van der Waals surface area contributed by atoms with Crippen molar-refractivity contribution in [3.63, 3.8) is 0 Å². The van der Waals surface area contributed by atoms with Crippen LogP contribution < -0.4 is 0 Å². The van der Waals surface area contributed by atoms with E-state index < -0.39 is 0 Å². The highest BCUT2D eigenvalue weighted by Gasteiger charge is 2.09. The normalized spacial score (nSPS) is 14.0. The van der Waals surface area contributed by atoms with Crippen molar-refractivity contribution in [2.45, 2.75) is 39.7 Å². The summed E-state index contributed by atoms with van der Waals surface area (Å²) in [5.41, 5.74) is 2.65. The summed E-state index contributed by atoms with van der Waals surface area (Å²) in [7, 11) is 0. The number of nitriles is 1. The van der Waals surface area contributed by atoms with Crippen LogP contribution in [0.4, 0.5) is 0 Å². The number of nitrogens with zero attached hydrogens (tertiary/aromatic N) is 3. The second-order valence-electron chi connectivity index (χ2n) is 6.04. The first-order valence-corrected chi connectivity index (χ1v) is 7.60. The minimum atomic E-state index is 0.275. The molecule has 0 spiro atoms. The van der Waals surface area contributed by atoms with E-state index in [1.807, 2.05) is 18.5 Å². The molecule has 1 aromatic heterocycles. The highest BCUT2D eigenvalue weighted by Crippen LogP contribution is 2.19. The Morgan fingerprint density at radius 1 is 1.29 bits per heavy atom. The SMILES string of the molecule is CC(CO)CCCC(C)Cn1cnc2ccc(C#N)cc21. The van der Waals surface area contributed by atoms with Crippen LogP contribution in [0.25, 0.3) is 11.0 Å². The van der Waals surface area contributed by atoms with E-state index in [2.05, 4.69) is 29.5 Å². The lowest BCUT2D eigenvalue weighted by atomic mass is 9.99. The lowest BCUT2D eigenvalue weighted by Gasteiger charge is -2.14. The average Bonchev–Trinajstić information content (AvgIpc) is 2.89. The molecule has 0 fully saturated rings. The van der Waals surface area contributed by atoms with E-state index in [-0.39, 0.29) is 6.61 Å². The molecule has 112 valence electrons. The molecular weight excluding hydrogens is 262 g/mol. The summed E-state index contributed by atoms with van der Waals surface area (Å²) in [5.74, 6) is 0.948. The minimum absolute atomic E-state index is 0.275. The van der Waals surface area contributed by atoms with Gasteiger partial charge in [0.25, 0.3) is 0 Å². The number of aromatic nitrogens is 2. The second-order valence-corrected chi connectivity index (χ2v) is 6.04. The topological polar surface area (TPSA) is 61.8 Å². The molecule has 0 aliphatic carbocycles. The smallest absolute Gasteiger partial charge is 0.0992 e. The molecule has 0 bridgehead atoms. The van der Waals surface area contributed by atoms with Crippen LogP contribution in [0.1, 0.15) is 38.7 Å². The molecule has 4 heteroatoms. The Hall–Kier alpha value is -1.86. The minimum Gasteiger partial charge on any atom is -0.396 e. The van der Waals surface area contributed by atoms with Gasteiger partial charge in [0.2, 0.25) is 0 Å². The van der Waals surface area contributed by atoms with E-state index >= 15 is 0 Å². The summed E-state index contributed by atoms with van der Waals surface area (Å²) in [5, 5.41) is 18.0. The largest absolute Gasteiger partial charge is 0.396 e. The zero-order chi connectivity index (χ0) is 15.2. The van der Waals surface area contributed by atoms with Gasteiger partial charge in [0.05, 0.1) is 29.0 Å². The molecule has 0 saturated carbocycles. The molecule has 2 rings (SSSR count).